The number of hydrogen-bond donors (Lipinski definition) is 0. The average molecular weight is 367 g/mol. The zero-order valence-corrected chi connectivity index (χ0v) is 14.8. The first kappa shape index (κ1) is 15.0. The van der Waals surface area contributed by atoms with Crippen molar-refractivity contribution in [3.8, 4) is 0 Å². The molecular weight excluding hydrogens is 348 g/mol. The zero-order valence-electron chi connectivity index (χ0n) is 12.4. The fourth-order valence-electron chi connectivity index (χ4n) is 2.88. The number of aryl methyl sites for hydroxylation is 4. The van der Waals surface area contributed by atoms with Crippen LogP contribution in [0.5, 0.6) is 0 Å². The normalized spacial score (nSPS) is 14.2. The molecule has 0 spiro atoms. The molecule has 0 N–H and O–H groups in total. The van der Waals surface area contributed by atoms with Crippen LogP contribution in [0.3, 0.4) is 0 Å². The number of Topliss-reactive ketones (excluding diaryl/α,β-unsaturated/α-hetero) is 1. The Morgan fingerprint density at radius 3 is 2.86 bits per heavy atom. The van der Waals surface area contributed by atoms with E-state index in [4.69, 9.17) is 0 Å². The molecule has 1 aliphatic carbocycles. The third-order valence-corrected chi connectivity index (χ3v) is 6.30. The highest BCUT2D eigenvalue weighted by Gasteiger charge is 2.20. The van der Waals surface area contributed by atoms with Gasteiger partial charge in [-0.05, 0) is 59.7 Å². The minimum atomic E-state index is 0.209. The average Bonchev–Trinajstić information content (AvgIpc) is 3.03. The summed E-state index contributed by atoms with van der Waals surface area (Å²) in [6, 6.07) is 2.12. The van der Waals surface area contributed by atoms with Gasteiger partial charge in [0.1, 0.15) is 0 Å². The number of nitrogens with zero attached hydrogens (tertiary/aromatic N) is 2. The minimum absolute atomic E-state index is 0.209. The Morgan fingerprint density at radius 1 is 1.43 bits per heavy atom. The van der Waals surface area contributed by atoms with Crippen molar-refractivity contribution in [2.45, 2.75) is 45.4 Å². The van der Waals surface area contributed by atoms with E-state index in [1.54, 1.807) is 11.3 Å². The molecule has 21 heavy (non-hydrogen) atoms. The van der Waals surface area contributed by atoms with Crippen molar-refractivity contribution in [2.24, 2.45) is 7.05 Å². The molecule has 5 heteroatoms. The minimum Gasteiger partial charge on any atom is -0.293 e. The lowest BCUT2D eigenvalue weighted by molar-refractivity contribution is 0.0994. The van der Waals surface area contributed by atoms with Crippen LogP contribution in [0.15, 0.2) is 10.5 Å². The fourth-order valence-corrected chi connectivity index (χ4v) is 4.83. The lowest BCUT2D eigenvalue weighted by atomic mass is 9.99. The maximum absolute atomic E-state index is 12.6. The molecule has 0 unspecified atom stereocenters. The van der Waals surface area contributed by atoms with Gasteiger partial charge in [0.05, 0.1) is 27.2 Å². The van der Waals surface area contributed by atoms with Gasteiger partial charge in [0.2, 0.25) is 0 Å². The van der Waals surface area contributed by atoms with Gasteiger partial charge in [-0.2, -0.15) is 5.10 Å². The van der Waals surface area contributed by atoms with Crippen molar-refractivity contribution < 1.29 is 4.79 Å². The van der Waals surface area contributed by atoms with Crippen LogP contribution in [0, 0.1) is 0 Å². The number of hydrogen-bond acceptors (Lipinski definition) is 3. The Balaban J connectivity index is 1.83. The van der Waals surface area contributed by atoms with E-state index in [1.807, 2.05) is 11.7 Å². The lowest BCUT2D eigenvalue weighted by Gasteiger charge is -2.08. The predicted molar refractivity (Wildman–Crippen MR) is 89.3 cm³/mol. The molecule has 2 aromatic heterocycles. The van der Waals surface area contributed by atoms with E-state index in [0.29, 0.717) is 6.42 Å². The number of thiophene rings is 1. The number of aromatic nitrogens is 2. The van der Waals surface area contributed by atoms with Crippen molar-refractivity contribution in [2.75, 3.05) is 0 Å². The monoisotopic (exact) mass is 366 g/mol. The number of carbonyl (C=O) groups excluding carboxylic acids is 1. The van der Waals surface area contributed by atoms with Gasteiger partial charge in [-0.15, -0.1) is 11.3 Å². The molecule has 0 saturated carbocycles. The quantitative estimate of drug-likeness (QED) is 0.763. The second kappa shape index (κ2) is 6.05. The van der Waals surface area contributed by atoms with E-state index in [2.05, 4.69) is 34.0 Å². The number of carbonyl (C=O) groups is 1. The van der Waals surface area contributed by atoms with Crippen molar-refractivity contribution in [1.82, 2.24) is 9.78 Å². The van der Waals surface area contributed by atoms with E-state index in [-0.39, 0.29) is 5.78 Å². The summed E-state index contributed by atoms with van der Waals surface area (Å²) in [5.41, 5.74) is 3.39. The summed E-state index contributed by atoms with van der Waals surface area (Å²) in [7, 11) is 1.91. The molecule has 1 aliphatic rings. The zero-order chi connectivity index (χ0) is 15.0. The molecule has 2 heterocycles. The third kappa shape index (κ3) is 2.86. The van der Waals surface area contributed by atoms with Crippen LogP contribution in [-0.2, 0) is 32.7 Å². The molecule has 0 radical (unpaired) electrons. The van der Waals surface area contributed by atoms with Crippen LogP contribution in [0.25, 0.3) is 0 Å². The predicted octanol–water partition coefficient (Wildman–Crippen LogP) is 4.11. The summed E-state index contributed by atoms with van der Waals surface area (Å²) in [6.07, 6.45) is 6.08. The Morgan fingerprint density at radius 2 is 2.19 bits per heavy atom. The molecule has 0 bridgehead atoms. The van der Waals surface area contributed by atoms with Gasteiger partial charge in [0.25, 0.3) is 0 Å². The third-order valence-electron chi connectivity index (χ3n) is 4.10. The van der Waals surface area contributed by atoms with E-state index >= 15 is 0 Å². The van der Waals surface area contributed by atoms with Crippen LogP contribution >= 0.6 is 27.3 Å². The van der Waals surface area contributed by atoms with Gasteiger partial charge in [0.15, 0.2) is 5.78 Å². The maximum Gasteiger partial charge on any atom is 0.178 e. The summed E-state index contributed by atoms with van der Waals surface area (Å²) in [5.74, 6) is 0.209. The van der Waals surface area contributed by atoms with Gasteiger partial charge in [-0.25, -0.2) is 0 Å². The molecule has 0 saturated heterocycles. The van der Waals surface area contributed by atoms with Crippen molar-refractivity contribution in [1.29, 1.82) is 0 Å². The van der Waals surface area contributed by atoms with Gasteiger partial charge >= 0.3 is 0 Å². The Kier molecular flexibility index (Phi) is 4.31. The second-order valence-corrected chi connectivity index (χ2v) is 7.48. The first-order valence-corrected chi connectivity index (χ1v) is 9.06. The SMILES string of the molecule is CCc1nn(C)c(CC(=O)c2cc3c(s2)CCCC3)c1Br. The standard InChI is InChI=1S/C16H19BrN2OS/c1-3-11-16(17)12(19(2)18-11)9-13(20)15-8-10-6-4-5-7-14(10)21-15/h8H,3-7,9H2,1-2H3. The molecule has 0 atom stereocenters. The smallest absolute Gasteiger partial charge is 0.178 e. The molecular formula is C16H19BrN2OS. The van der Waals surface area contributed by atoms with E-state index in [9.17, 15) is 4.79 Å². The van der Waals surface area contributed by atoms with Crippen LogP contribution < -0.4 is 0 Å². The van der Waals surface area contributed by atoms with Crippen molar-refractivity contribution in [3.05, 3.63) is 37.2 Å². The Bertz CT molecular complexity index is 663. The largest absolute Gasteiger partial charge is 0.293 e. The van der Waals surface area contributed by atoms with E-state index < -0.39 is 0 Å². The van der Waals surface area contributed by atoms with Crippen molar-refractivity contribution in [3.63, 3.8) is 0 Å². The summed E-state index contributed by atoms with van der Waals surface area (Å²) in [5, 5.41) is 4.46. The van der Waals surface area contributed by atoms with Crippen molar-refractivity contribution >= 4 is 33.0 Å². The Hall–Kier alpha value is -0.940. The first-order valence-electron chi connectivity index (χ1n) is 7.45. The highest BCUT2D eigenvalue weighted by atomic mass is 79.9. The molecule has 2 aromatic rings. The van der Waals surface area contributed by atoms with Gasteiger partial charge in [-0.1, -0.05) is 6.92 Å². The first-order chi connectivity index (χ1) is 10.1. The van der Waals surface area contributed by atoms with Crippen LogP contribution in [0.1, 0.15) is 51.3 Å². The molecule has 3 nitrogen and oxygen atoms in total. The molecule has 0 amide bonds. The molecule has 3 rings (SSSR count). The van der Waals surface area contributed by atoms with E-state index in [0.717, 1.165) is 40.0 Å². The highest BCUT2D eigenvalue weighted by Crippen LogP contribution is 2.31. The van der Waals surface area contributed by atoms with Crippen LogP contribution in [0.4, 0.5) is 0 Å². The summed E-state index contributed by atoms with van der Waals surface area (Å²) >= 11 is 5.28. The number of fused-ring (bicyclic) bond motifs is 1. The lowest BCUT2D eigenvalue weighted by Crippen LogP contribution is -2.07. The summed E-state index contributed by atoms with van der Waals surface area (Å²) < 4.78 is 2.82. The van der Waals surface area contributed by atoms with Gasteiger partial charge < -0.3 is 0 Å². The second-order valence-electron chi connectivity index (χ2n) is 5.55. The van der Waals surface area contributed by atoms with Crippen LogP contribution in [0.2, 0.25) is 0 Å². The van der Waals surface area contributed by atoms with Gasteiger partial charge in [-0.3, -0.25) is 9.48 Å². The number of ketones is 1. The van der Waals surface area contributed by atoms with Crippen LogP contribution in [-0.4, -0.2) is 15.6 Å². The summed E-state index contributed by atoms with van der Waals surface area (Å²) in [6.45, 7) is 2.08. The van der Waals surface area contributed by atoms with E-state index in [1.165, 1.54) is 23.3 Å². The topological polar surface area (TPSA) is 34.9 Å². The number of halogens is 1. The molecule has 0 fully saturated rings. The fraction of sp³-hybridized carbons (Fsp3) is 0.500. The Labute approximate surface area is 137 Å². The molecule has 0 aromatic carbocycles. The van der Waals surface area contributed by atoms with Gasteiger partial charge in [0, 0.05) is 11.9 Å². The maximum atomic E-state index is 12.6. The highest BCUT2D eigenvalue weighted by molar-refractivity contribution is 9.10. The summed E-state index contributed by atoms with van der Waals surface area (Å²) in [4.78, 5) is 14.9. The molecule has 112 valence electrons. The number of rotatable bonds is 4. The molecule has 0 aliphatic heterocycles.